The van der Waals surface area contributed by atoms with Crippen LogP contribution in [0.15, 0.2) is 24.3 Å². The molecule has 23 heavy (non-hydrogen) atoms. The van der Waals surface area contributed by atoms with Gasteiger partial charge in [-0.3, -0.25) is 4.79 Å². The normalized spacial score (nSPS) is 18.5. The number of nitrogens with one attached hydrogen (secondary N) is 1. The van der Waals surface area contributed by atoms with Crippen molar-refractivity contribution in [3.63, 3.8) is 0 Å². The summed E-state index contributed by atoms with van der Waals surface area (Å²) in [6.45, 7) is 4.14. The lowest BCUT2D eigenvalue weighted by Gasteiger charge is -2.28. The molecule has 2 rings (SSSR count). The summed E-state index contributed by atoms with van der Waals surface area (Å²) >= 11 is 0. The number of carboxylic acid groups (broad SMARTS) is 1. The van der Waals surface area contributed by atoms with Gasteiger partial charge in [-0.25, -0.2) is 0 Å². The van der Waals surface area contributed by atoms with Gasteiger partial charge < -0.3 is 16.2 Å². The lowest BCUT2D eigenvalue weighted by Crippen LogP contribution is -2.33. The van der Waals surface area contributed by atoms with E-state index in [4.69, 9.17) is 10.8 Å². The van der Waals surface area contributed by atoms with Crippen LogP contribution in [0.2, 0.25) is 0 Å². The second-order valence-corrected chi connectivity index (χ2v) is 6.92. The maximum Gasteiger partial charge on any atom is 0.320 e. The summed E-state index contributed by atoms with van der Waals surface area (Å²) < 4.78 is 0. The molecular formula is C19H30N2O2. The highest BCUT2D eigenvalue weighted by atomic mass is 16.4. The number of benzene rings is 1. The standard InChI is InChI=1S/C19H30N2O2/c1-14(15-7-3-2-4-8-15)12-21-13-17-10-6-5-9-16(17)11-18(20)19(22)23/h5-6,9-10,14-15,18,21H,2-4,7-8,11-13,20H2,1H3,(H,22,23)/t14?,18-/m0/s1. The summed E-state index contributed by atoms with van der Waals surface area (Å²) in [6.07, 6.45) is 7.27. The number of hydrogen-bond acceptors (Lipinski definition) is 3. The van der Waals surface area contributed by atoms with Gasteiger partial charge in [-0.1, -0.05) is 63.3 Å². The van der Waals surface area contributed by atoms with Gasteiger partial charge in [-0.2, -0.15) is 0 Å². The highest BCUT2D eigenvalue weighted by Gasteiger charge is 2.20. The fourth-order valence-corrected chi connectivity index (χ4v) is 3.56. The first kappa shape index (κ1) is 18.0. The van der Waals surface area contributed by atoms with Gasteiger partial charge in [-0.15, -0.1) is 0 Å². The molecule has 1 aromatic carbocycles. The Kier molecular flexibility index (Phi) is 7.06. The zero-order valence-electron chi connectivity index (χ0n) is 14.1. The molecule has 1 saturated carbocycles. The minimum absolute atomic E-state index is 0.380. The zero-order chi connectivity index (χ0) is 16.7. The third-order valence-electron chi connectivity index (χ3n) is 5.11. The Hall–Kier alpha value is -1.39. The van der Waals surface area contributed by atoms with E-state index < -0.39 is 12.0 Å². The number of nitrogens with two attached hydrogens (primary N) is 1. The predicted octanol–water partition coefficient (Wildman–Crippen LogP) is 2.95. The van der Waals surface area contributed by atoms with E-state index in [9.17, 15) is 4.79 Å². The van der Waals surface area contributed by atoms with Gasteiger partial charge >= 0.3 is 5.97 Å². The molecule has 0 radical (unpaired) electrons. The quantitative estimate of drug-likeness (QED) is 0.689. The number of aliphatic carboxylic acids is 1. The average molecular weight is 318 g/mol. The molecule has 128 valence electrons. The molecule has 0 saturated heterocycles. The molecule has 1 aliphatic carbocycles. The first-order chi connectivity index (χ1) is 11.1. The van der Waals surface area contributed by atoms with Crippen molar-refractivity contribution in [2.45, 2.75) is 58.0 Å². The van der Waals surface area contributed by atoms with Crippen molar-refractivity contribution in [2.75, 3.05) is 6.54 Å². The molecule has 1 aromatic rings. The minimum Gasteiger partial charge on any atom is -0.480 e. The molecule has 0 heterocycles. The Balaban J connectivity index is 1.84. The number of hydrogen-bond donors (Lipinski definition) is 3. The van der Waals surface area contributed by atoms with Gasteiger partial charge in [0, 0.05) is 6.54 Å². The average Bonchev–Trinajstić information content (AvgIpc) is 2.57. The first-order valence-corrected chi connectivity index (χ1v) is 8.83. The van der Waals surface area contributed by atoms with Crippen molar-refractivity contribution in [1.82, 2.24) is 5.32 Å². The molecular weight excluding hydrogens is 288 g/mol. The van der Waals surface area contributed by atoms with Crippen LogP contribution in [0.1, 0.15) is 50.2 Å². The molecule has 1 unspecified atom stereocenters. The molecule has 0 bridgehead atoms. The SMILES string of the molecule is CC(CNCc1ccccc1C[C@H](N)C(=O)O)C1CCCCC1. The second kappa shape index (κ2) is 9.04. The Labute approximate surface area is 139 Å². The second-order valence-electron chi connectivity index (χ2n) is 6.92. The van der Waals surface area contributed by atoms with E-state index in [1.54, 1.807) is 0 Å². The Morgan fingerprint density at radius 2 is 1.91 bits per heavy atom. The van der Waals surface area contributed by atoms with Crippen molar-refractivity contribution in [3.05, 3.63) is 35.4 Å². The molecule has 4 heteroatoms. The monoisotopic (exact) mass is 318 g/mol. The molecule has 2 atom stereocenters. The van der Waals surface area contributed by atoms with Crippen LogP contribution in [0.25, 0.3) is 0 Å². The van der Waals surface area contributed by atoms with Crippen molar-refractivity contribution in [2.24, 2.45) is 17.6 Å². The Morgan fingerprint density at radius 1 is 1.26 bits per heavy atom. The van der Waals surface area contributed by atoms with Crippen LogP contribution in [-0.4, -0.2) is 23.7 Å². The van der Waals surface area contributed by atoms with Gasteiger partial charge in [0.15, 0.2) is 0 Å². The molecule has 0 aliphatic heterocycles. The molecule has 0 aromatic heterocycles. The van der Waals surface area contributed by atoms with E-state index in [1.807, 2.05) is 18.2 Å². The van der Waals surface area contributed by atoms with Crippen LogP contribution in [0, 0.1) is 11.8 Å². The Morgan fingerprint density at radius 3 is 2.57 bits per heavy atom. The third-order valence-corrected chi connectivity index (χ3v) is 5.11. The fourth-order valence-electron chi connectivity index (χ4n) is 3.56. The van der Waals surface area contributed by atoms with Crippen LogP contribution in [0.5, 0.6) is 0 Å². The lowest BCUT2D eigenvalue weighted by atomic mass is 9.81. The maximum atomic E-state index is 11.0. The van der Waals surface area contributed by atoms with Gasteiger partial charge in [0.25, 0.3) is 0 Å². The molecule has 4 N–H and O–H groups in total. The van der Waals surface area contributed by atoms with Gasteiger partial charge in [0.1, 0.15) is 6.04 Å². The van der Waals surface area contributed by atoms with Crippen molar-refractivity contribution >= 4 is 5.97 Å². The van der Waals surface area contributed by atoms with Crippen LogP contribution in [-0.2, 0) is 17.8 Å². The molecule has 4 nitrogen and oxygen atoms in total. The van der Waals surface area contributed by atoms with Gasteiger partial charge in [0.2, 0.25) is 0 Å². The van der Waals surface area contributed by atoms with Crippen LogP contribution < -0.4 is 11.1 Å². The largest absolute Gasteiger partial charge is 0.480 e. The van der Waals surface area contributed by atoms with E-state index in [-0.39, 0.29) is 0 Å². The van der Waals surface area contributed by atoms with E-state index in [0.717, 1.165) is 30.1 Å². The Bertz CT molecular complexity index is 498. The van der Waals surface area contributed by atoms with Crippen LogP contribution in [0.3, 0.4) is 0 Å². The minimum atomic E-state index is -0.946. The fraction of sp³-hybridized carbons (Fsp3) is 0.632. The maximum absolute atomic E-state index is 11.0. The van der Waals surface area contributed by atoms with E-state index >= 15 is 0 Å². The third kappa shape index (κ3) is 5.63. The van der Waals surface area contributed by atoms with Crippen molar-refractivity contribution in [1.29, 1.82) is 0 Å². The van der Waals surface area contributed by atoms with Gasteiger partial charge in [0.05, 0.1) is 0 Å². The summed E-state index contributed by atoms with van der Waals surface area (Å²) in [5.41, 5.74) is 7.85. The zero-order valence-corrected chi connectivity index (χ0v) is 14.1. The summed E-state index contributed by atoms with van der Waals surface area (Å²) in [5, 5.41) is 12.5. The van der Waals surface area contributed by atoms with E-state index in [0.29, 0.717) is 12.3 Å². The number of carbonyl (C=O) groups is 1. The van der Waals surface area contributed by atoms with Crippen LogP contribution in [0.4, 0.5) is 0 Å². The topological polar surface area (TPSA) is 75.3 Å². The molecule has 0 spiro atoms. The van der Waals surface area contributed by atoms with Crippen LogP contribution >= 0.6 is 0 Å². The first-order valence-electron chi connectivity index (χ1n) is 8.83. The van der Waals surface area contributed by atoms with E-state index in [1.165, 1.54) is 32.1 Å². The molecule has 0 amide bonds. The summed E-state index contributed by atoms with van der Waals surface area (Å²) in [7, 11) is 0. The predicted molar refractivity (Wildman–Crippen MR) is 93.2 cm³/mol. The smallest absolute Gasteiger partial charge is 0.320 e. The molecule has 1 fully saturated rings. The summed E-state index contributed by atoms with van der Waals surface area (Å²) in [6, 6.07) is 7.14. The lowest BCUT2D eigenvalue weighted by molar-refractivity contribution is -0.138. The highest BCUT2D eigenvalue weighted by Crippen LogP contribution is 2.29. The van der Waals surface area contributed by atoms with E-state index in [2.05, 4.69) is 18.3 Å². The number of rotatable bonds is 8. The summed E-state index contributed by atoms with van der Waals surface area (Å²) in [4.78, 5) is 11.0. The molecule has 1 aliphatic rings. The van der Waals surface area contributed by atoms with Crippen molar-refractivity contribution in [3.8, 4) is 0 Å². The van der Waals surface area contributed by atoms with Crippen molar-refractivity contribution < 1.29 is 9.90 Å². The number of carboxylic acids is 1. The highest BCUT2D eigenvalue weighted by molar-refractivity contribution is 5.73. The summed E-state index contributed by atoms with van der Waals surface area (Å²) in [5.74, 6) is 0.606. The van der Waals surface area contributed by atoms with Gasteiger partial charge in [-0.05, 0) is 35.9 Å².